The molecule has 1 aliphatic rings. The number of guanidine groups is 1. The van der Waals surface area contributed by atoms with E-state index in [1.54, 1.807) is 14.2 Å². The monoisotopic (exact) mass is 453 g/mol. The summed E-state index contributed by atoms with van der Waals surface area (Å²) < 4.78 is 10.8. The lowest BCUT2D eigenvalue weighted by Crippen LogP contribution is -2.41. The largest absolute Gasteiger partial charge is 0.496 e. The maximum Gasteiger partial charge on any atom is 0.193 e. The highest BCUT2D eigenvalue weighted by atomic mass is 127. The van der Waals surface area contributed by atoms with Crippen LogP contribution in [-0.2, 0) is 11.3 Å². The molecule has 23 heavy (non-hydrogen) atoms. The van der Waals surface area contributed by atoms with Crippen LogP contribution in [0.4, 0.5) is 0 Å². The highest BCUT2D eigenvalue weighted by Gasteiger charge is 2.19. The Balaban J connectivity index is 0.00000264. The van der Waals surface area contributed by atoms with Crippen LogP contribution in [0.1, 0.15) is 12.0 Å². The molecule has 2 rings (SSSR count). The van der Waals surface area contributed by atoms with E-state index in [-0.39, 0.29) is 24.0 Å². The summed E-state index contributed by atoms with van der Waals surface area (Å²) >= 11 is 6.06. The molecule has 0 radical (unpaired) electrons. The Morgan fingerprint density at radius 3 is 2.91 bits per heavy atom. The highest BCUT2D eigenvalue weighted by molar-refractivity contribution is 14.0. The Labute approximate surface area is 160 Å². The fourth-order valence-electron chi connectivity index (χ4n) is 2.65. The van der Waals surface area contributed by atoms with Crippen molar-refractivity contribution in [2.24, 2.45) is 10.9 Å². The third-order valence-electron chi connectivity index (χ3n) is 3.81. The van der Waals surface area contributed by atoms with Gasteiger partial charge in [-0.2, -0.15) is 0 Å². The van der Waals surface area contributed by atoms with Crippen LogP contribution >= 0.6 is 35.6 Å². The fraction of sp³-hybridized carbons (Fsp3) is 0.562. The van der Waals surface area contributed by atoms with Gasteiger partial charge in [0, 0.05) is 50.3 Å². The average molecular weight is 454 g/mol. The summed E-state index contributed by atoms with van der Waals surface area (Å²) in [4.78, 5) is 6.48. The van der Waals surface area contributed by atoms with Gasteiger partial charge in [-0.25, -0.2) is 0 Å². The highest BCUT2D eigenvalue weighted by Crippen LogP contribution is 2.22. The molecular formula is C16H25ClIN3O2. The van der Waals surface area contributed by atoms with Crippen molar-refractivity contribution in [3.8, 4) is 5.75 Å². The molecule has 1 aromatic carbocycles. The minimum atomic E-state index is 0. The molecule has 0 saturated carbocycles. The van der Waals surface area contributed by atoms with Crippen molar-refractivity contribution in [1.29, 1.82) is 0 Å². The zero-order valence-electron chi connectivity index (χ0n) is 13.8. The molecule has 0 aliphatic carbocycles. The summed E-state index contributed by atoms with van der Waals surface area (Å²) in [7, 11) is 5.50. The van der Waals surface area contributed by atoms with Crippen molar-refractivity contribution in [3.05, 3.63) is 28.8 Å². The second-order valence-corrected chi connectivity index (χ2v) is 5.90. The van der Waals surface area contributed by atoms with E-state index in [1.165, 1.54) is 0 Å². The summed E-state index contributed by atoms with van der Waals surface area (Å²) in [5.74, 6) is 2.25. The summed E-state index contributed by atoms with van der Waals surface area (Å²) in [5.41, 5.74) is 1.01. The Hall–Kier alpha value is -0.730. The topological polar surface area (TPSA) is 46.1 Å². The van der Waals surface area contributed by atoms with Gasteiger partial charge in [0.15, 0.2) is 5.96 Å². The minimum Gasteiger partial charge on any atom is -0.496 e. The standard InChI is InChI=1S/C16H24ClN3O2.HI/c1-18-16(20(2)10-12-6-7-22-11-12)19-9-13-8-14(17)4-5-15(13)21-3;/h4-5,8,12H,6-7,9-11H2,1-3H3,(H,18,19);1H. The van der Waals surface area contributed by atoms with E-state index in [1.807, 2.05) is 25.2 Å². The second-order valence-electron chi connectivity index (χ2n) is 5.47. The van der Waals surface area contributed by atoms with Gasteiger partial charge < -0.3 is 19.7 Å². The molecule has 1 fully saturated rings. The lowest BCUT2D eigenvalue weighted by molar-refractivity contribution is 0.181. The van der Waals surface area contributed by atoms with Gasteiger partial charge in [0.2, 0.25) is 0 Å². The third-order valence-corrected chi connectivity index (χ3v) is 4.04. The number of methoxy groups -OCH3 is 1. The lowest BCUT2D eigenvalue weighted by Gasteiger charge is -2.24. The van der Waals surface area contributed by atoms with Crippen LogP contribution in [0.15, 0.2) is 23.2 Å². The normalized spacial score (nSPS) is 17.6. The van der Waals surface area contributed by atoms with Crippen LogP contribution < -0.4 is 10.1 Å². The molecule has 0 aromatic heterocycles. The van der Waals surface area contributed by atoms with Crippen molar-refractivity contribution in [2.45, 2.75) is 13.0 Å². The van der Waals surface area contributed by atoms with Gasteiger partial charge >= 0.3 is 0 Å². The predicted molar refractivity (Wildman–Crippen MR) is 105 cm³/mol. The van der Waals surface area contributed by atoms with Crippen LogP contribution in [-0.4, -0.2) is 51.8 Å². The van der Waals surface area contributed by atoms with Crippen molar-refractivity contribution in [3.63, 3.8) is 0 Å². The van der Waals surface area contributed by atoms with E-state index in [2.05, 4.69) is 15.2 Å². The quantitative estimate of drug-likeness (QED) is 0.423. The number of halogens is 2. The average Bonchev–Trinajstić information content (AvgIpc) is 3.01. The summed E-state index contributed by atoms with van der Waals surface area (Å²) in [6.07, 6.45) is 1.11. The first-order chi connectivity index (χ1) is 10.6. The fourth-order valence-corrected chi connectivity index (χ4v) is 2.84. The van der Waals surface area contributed by atoms with E-state index in [0.29, 0.717) is 17.5 Å². The molecule has 7 heteroatoms. The van der Waals surface area contributed by atoms with Crippen LogP contribution in [0.5, 0.6) is 5.75 Å². The molecular weight excluding hydrogens is 429 g/mol. The smallest absolute Gasteiger partial charge is 0.193 e. The SMILES string of the molecule is CN=C(NCc1cc(Cl)ccc1OC)N(C)CC1CCOC1.I. The Bertz CT molecular complexity index is 522. The summed E-state index contributed by atoms with van der Waals surface area (Å²) in [5, 5.41) is 4.06. The zero-order chi connectivity index (χ0) is 15.9. The number of hydrogen-bond donors (Lipinski definition) is 1. The van der Waals surface area contributed by atoms with E-state index < -0.39 is 0 Å². The van der Waals surface area contributed by atoms with Gasteiger partial charge in [-0.05, 0) is 24.6 Å². The Morgan fingerprint density at radius 2 is 2.30 bits per heavy atom. The molecule has 130 valence electrons. The number of aliphatic imine (C=N–C) groups is 1. The van der Waals surface area contributed by atoms with E-state index in [0.717, 1.165) is 43.5 Å². The molecule has 1 N–H and O–H groups in total. The molecule has 1 atom stereocenters. The lowest BCUT2D eigenvalue weighted by atomic mass is 10.1. The molecule has 0 spiro atoms. The van der Waals surface area contributed by atoms with Gasteiger partial charge in [-0.1, -0.05) is 11.6 Å². The summed E-state index contributed by atoms with van der Waals surface area (Å²) in [6, 6.07) is 5.61. The first-order valence-electron chi connectivity index (χ1n) is 7.46. The Kier molecular flexibility index (Phi) is 9.01. The van der Waals surface area contributed by atoms with E-state index >= 15 is 0 Å². The van der Waals surface area contributed by atoms with E-state index in [9.17, 15) is 0 Å². The molecule has 5 nitrogen and oxygen atoms in total. The maximum absolute atomic E-state index is 6.06. The van der Waals surface area contributed by atoms with Gasteiger partial charge in [-0.15, -0.1) is 24.0 Å². The molecule has 1 unspecified atom stereocenters. The van der Waals surface area contributed by atoms with Crippen molar-refractivity contribution >= 4 is 41.5 Å². The molecule has 0 amide bonds. The van der Waals surface area contributed by atoms with Gasteiger partial charge in [0.05, 0.1) is 13.7 Å². The van der Waals surface area contributed by atoms with Crippen LogP contribution in [0.3, 0.4) is 0 Å². The molecule has 1 heterocycles. The zero-order valence-corrected chi connectivity index (χ0v) is 16.9. The van der Waals surface area contributed by atoms with Crippen LogP contribution in [0.2, 0.25) is 5.02 Å². The van der Waals surface area contributed by atoms with Gasteiger partial charge in [0.1, 0.15) is 5.75 Å². The van der Waals surface area contributed by atoms with Crippen LogP contribution in [0, 0.1) is 5.92 Å². The number of rotatable bonds is 5. The molecule has 1 aliphatic heterocycles. The number of nitrogens with one attached hydrogen (secondary N) is 1. The van der Waals surface area contributed by atoms with Crippen LogP contribution in [0.25, 0.3) is 0 Å². The second kappa shape index (κ2) is 10.2. The van der Waals surface area contributed by atoms with Gasteiger partial charge in [0.25, 0.3) is 0 Å². The minimum absolute atomic E-state index is 0. The third kappa shape index (κ3) is 6.00. The first kappa shape index (κ1) is 20.3. The van der Waals surface area contributed by atoms with Crippen molar-refractivity contribution < 1.29 is 9.47 Å². The number of ether oxygens (including phenoxy) is 2. The first-order valence-corrected chi connectivity index (χ1v) is 7.83. The Morgan fingerprint density at radius 1 is 1.52 bits per heavy atom. The molecule has 1 aromatic rings. The van der Waals surface area contributed by atoms with E-state index in [4.69, 9.17) is 21.1 Å². The van der Waals surface area contributed by atoms with Crippen molar-refractivity contribution in [2.75, 3.05) is 41.0 Å². The maximum atomic E-state index is 6.06. The van der Waals surface area contributed by atoms with Gasteiger partial charge in [-0.3, -0.25) is 4.99 Å². The summed E-state index contributed by atoms with van der Waals surface area (Å²) in [6.45, 7) is 3.25. The van der Waals surface area contributed by atoms with Crippen molar-refractivity contribution in [1.82, 2.24) is 10.2 Å². The molecule has 0 bridgehead atoms. The number of nitrogens with zero attached hydrogens (tertiary/aromatic N) is 2. The molecule has 1 saturated heterocycles. The number of benzene rings is 1. The predicted octanol–water partition coefficient (Wildman–Crippen LogP) is 3.01. The number of hydrogen-bond acceptors (Lipinski definition) is 3.